The number of rotatable bonds is 5. The number of carbonyl (C=O) groups excluding carboxylic acids is 1. The Bertz CT molecular complexity index is 727. The largest absolute Gasteiger partial charge is 0.481 e. The van der Waals surface area contributed by atoms with E-state index in [1.807, 2.05) is 0 Å². The van der Waals surface area contributed by atoms with E-state index < -0.39 is 23.2 Å². The van der Waals surface area contributed by atoms with Gasteiger partial charge < -0.3 is 15.4 Å². The lowest BCUT2D eigenvalue weighted by atomic mass is 10.0. The van der Waals surface area contributed by atoms with Gasteiger partial charge in [-0.15, -0.1) is 0 Å². The van der Waals surface area contributed by atoms with Crippen LogP contribution in [0.2, 0.25) is 0 Å². The molecule has 0 fully saturated rings. The fraction of sp³-hybridized carbons (Fsp3) is 0.308. The van der Waals surface area contributed by atoms with Crippen molar-refractivity contribution in [2.75, 3.05) is 5.75 Å². The standard InChI is InChI=1S/C13H14FN3O3S/c1-13(2,11(15)20)17-8-5-3-4-7(14)10(8)16-12(17)21-6-9(18)19/h3-5H,6H2,1-2H3,(H2,15,20)(H,18,19). The van der Waals surface area contributed by atoms with E-state index in [4.69, 9.17) is 10.8 Å². The van der Waals surface area contributed by atoms with Crippen molar-refractivity contribution in [1.82, 2.24) is 9.55 Å². The Balaban J connectivity index is 2.69. The lowest BCUT2D eigenvalue weighted by Crippen LogP contribution is -2.41. The van der Waals surface area contributed by atoms with Gasteiger partial charge in [-0.2, -0.15) is 0 Å². The van der Waals surface area contributed by atoms with Crippen molar-refractivity contribution in [3.8, 4) is 0 Å². The summed E-state index contributed by atoms with van der Waals surface area (Å²) in [6.45, 7) is 3.15. The van der Waals surface area contributed by atoms with Crippen LogP contribution in [0.3, 0.4) is 0 Å². The molecule has 0 aliphatic carbocycles. The number of nitrogens with zero attached hydrogens (tertiary/aromatic N) is 2. The van der Waals surface area contributed by atoms with Gasteiger partial charge in [0.25, 0.3) is 0 Å². The molecule has 6 nitrogen and oxygen atoms in total. The average Bonchev–Trinajstić information content (AvgIpc) is 2.76. The van der Waals surface area contributed by atoms with Gasteiger partial charge in [0.05, 0.1) is 11.3 Å². The van der Waals surface area contributed by atoms with E-state index in [0.717, 1.165) is 11.8 Å². The smallest absolute Gasteiger partial charge is 0.313 e. The molecule has 0 radical (unpaired) electrons. The summed E-state index contributed by atoms with van der Waals surface area (Å²) in [5.41, 5.74) is 4.72. The maximum atomic E-state index is 13.9. The van der Waals surface area contributed by atoms with E-state index in [1.54, 1.807) is 19.9 Å². The summed E-state index contributed by atoms with van der Waals surface area (Å²) in [7, 11) is 0. The molecule has 0 spiro atoms. The molecular weight excluding hydrogens is 297 g/mol. The van der Waals surface area contributed by atoms with Crippen molar-refractivity contribution in [2.45, 2.75) is 24.5 Å². The number of benzene rings is 1. The Morgan fingerprint density at radius 3 is 2.71 bits per heavy atom. The summed E-state index contributed by atoms with van der Waals surface area (Å²) in [4.78, 5) is 26.5. The number of hydrogen-bond donors (Lipinski definition) is 2. The van der Waals surface area contributed by atoms with Crippen molar-refractivity contribution >= 4 is 34.7 Å². The second-order valence-electron chi connectivity index (χ2n) is 4.94. The Morgan fingerprint density at radius 2 is 2.14 bits per heavy atom. The molecule has 0 aliphatic heterocycles. The fourth-order valence-electron chi connectivity index (χ4n) is 1.92. The molecule has 2 aromatic rings. The average molecular weight is 311 g/mol. The van der Waals surface area contributed by atoms with Crippen molar-refractivity contribution in [3.05, 3.63) is 24.0 Å². The quantitative estimate of drug-likeness (QED) is 0.817. The maximum absolute atomic E-state index is 13.9. The molecule has 3 N–H and O–H groups in total. The van der Waals surface area contributed by atoms with Crippen LogP contribution < -0.4 is 5.73 Å². The molecule has 21 heavy (non-hydrogen) atoms. The number of para-hydroxylation sites is 1. The van der Waals surface area contributed by atoms with Crippen LogP contribution in [0.5, 0.6) is 0 Å². The summed E-state index contributed by atoms with van der Waals surface area (Å²) in [6.07, 6.45) is 0. The normalized spacial score (nSPS) is 11.8. The first kappa shape index (κ1) is 15.3. The van der Waals surface area contributed by atoms with E-state index >= 15 is 0 Å². The van der Waals surface area contributed by atoms with Gasteiger partial charge in [0.1, 0.15) is 11.1 Å². The van der Waals surface area contributed by atoms with Crippen molar-refractivity contribution < 1.29 is 19.1 Å². The molecule has 0 aliphatic rings. The number of aromatic nitrogens is 2. The molecule has 1 aromatic heterocycles. The van der Waals surface area contributed by atoms with Gasteiger partial charge in [0.15, 0.2) is 11.0 Å². The maximum Gasteiger partial charge on any atom is 0.313 e. The number of carboxylic acid groups (broad SMARTS) is 1. The zero-order chi connectivity index (χ0) is 15.8. The molecule has 2 rings (SSSR count). The van der Waals surface area contributed by atoms with Crippen molar-refractivity contribution in [1.29, 1.82) is 0 Å². The lowest BCUT2D eigenvalue weighted by molar-refractivity contribution is -0.133. The van der Waals surface area contributed by atoms with Gasteiger partial charge in [-0.3, -0.25) is 9.59 Å². The number of carboxylic acids is 1. The minimum Gasteiger partial charge on any atom is -0.481 e. The van der Waals surface area contributed by atoms with Gasteiger partial charge in [-0.05, 0) is 26.0 Å². The van der Waals surface area contributed by atoms with Gasteiger partial charge in [-0.25, -0.2) is 9.37 Å². The van der Waals surface area contributed by atoms with Gasteiger partial charge >= 0.3 is 5.97 Å². The van der Waals surface area contributed by atoms with Gasteiger partial charge in [0, 0.05) is 0 Å². The number of nitrogens with two attached hydrogens (primary N) is 1. The SMILES string of the molecule is CC(C)(C(N)=O)n1c(SCC(=O)O)nc2c(F)cccc21. The summed E-state index contributed by atoms with van der Waals surface area (Å²) < 4.78 is 15.3. The van der Waals surface area contributed by atoms with Crippen LogP contribution in [0, 0.1) is 5.82 Å². The highest BCUT2D eigenvalue weighted by Crippen LogP contribution is 2.31. The molecule has 1 amide bonds. The van der Waals surface area contributed by atoms with Crippen molar-refractivity contribution in [2.24, 2.45) is 5.73 Å². The predicted molar refractivity (Wildman–Crippen MR) is 76.6 cm³/mol. The Labute approximate surface area is 124 Å². The van der Waals surface area contributed by atoms with E-state index in [2.05, 4.69) is 4.98 Å². The molecule has 1 aromatic carbocycles. The fourth-order valence-corrected chi connectivity index (χ4v) is 2.78. The third-order valence-corrected chi connectivity index (χ3v) is 4.02. The lowest BCUT2D eigenvalue weighted by Gasteiger charge is -2.25. The third kappa shape index (κ3) is 2.71. The molecule has 1 heterocycles. The first-order chi connectivity index (χ1) is 9.75. The van der Waals surface area contributed by atoms with Crippen molar-refractivity contribution in [3.63, 3.8) is 0 Å². The first-order valence-corrected chi connectivity index (χ1v) is 7.05. The highest BCUT2D eigenvalue weighted by Gasteiger charge is 2.32. The molecule has 0 bridgehead atoms. The molecule has 0 unspecified atom stereocenters. The van der Waals surface area contributed by atoms with Gasteiger partial charge in [0.2, 0.25) is 5.91 Å². The minimum absolute atomic E-state index is 0.0831. The third-order valence-electron chi connectivity index (χ3n) is 3.09. The number of halogens is 1. The van der Waals surface area contributed by atoms with Crippen LogP contribution in [0.25, 0.3) is 11.0 Å². The number of thioether (sulfide) groups is 1. The zero-order valence-corrected chi connectivity index (χ0v) is 12.3. The van der Waals surface area contributed by atoms with Crippen LogP contribution in [-0.2, 0) is 15.1 Å². The molecule has 0 saturated carbocycles. The Kier molecular flexibility index (Phi) is 3.91. The molecule has 8 heteroatoms. The summed E-state index contributed by atoms with van der Waals surface area (Å²) in [5, 5.41) is 9.02. The van der Waals surface area contributed by atoms with E-state index in [0.29, 0.717) is 5.52 Å². The monoisotopic (exact) mass is 311 g/mol. The number of amides is 1. The second kappa shape index (κ2) is 5.36. The van der Waals surface area contributed by atoms with Crippen LogP contribution in [0.1, 0.15) is 13.8 Å². The molecule has 112 valence electrons. The number of imidazole rings is 1. The second-order valence-corrected chi connectivity index (χ2v) is 5.89. The predicted octanol–water partition coefficient (Wildman–Crippen LogP) is 1.57. The van der Waals surface area contributed by atoms with Crippen LogP contribution in [0.15, 0.2) is 23.4 Å². The number of hydrogen-bond acceptors (Lipinski definition) is 4. The van der Waals surface area contributed by atoms with Crippen LogP contribution >= 0.6 is 11.8 Å². The molecule has 0 saturated heterocycles. The van der Waals surface area contributed by atoms with E-state index in [9.17, 15) is 14.0 Å². The summed E-state index contributed by atoms with van der Waals surface area (Å²) >= 11 is 0.912. The highest BCUT2D eigenvalue weighted by molar-refractivity contribution is 7.99. The summed E-state index contributed by atoms with van der Waals surface area (Å²) in [5.74, 6) is -2.44. The molecule has 0 atom stereocenters. The number of carbonyl (C=O) groups is 2. The topological polar surface area (TPSA) is 98.2 Å². The number of primary amides is 1. The van der Waals surface area contributed by atoms with E-state index in [1.165, 1.54) is 16.7 Å². The number of fused-ring (bicyclic) bond motifs is 1. The summed E-state index contributed by atoms with van der Waals surface area (Å²) in [6, 6.07) is 4.36. The minimum atomic E-state index is -1.16. The van der Waals surface area contributed by atoms with Crippen LogP contribution in [-0.4, -0.2) is 32.3 Å². The van der Waals surface area contributed by atoms with E-state index in [-0.39, 0.29) is 16.4 Å². The van der Waals surface area contributed by atoms with Crippen LogP contribution in [0.4, 0.5) is 4.39 Å². The first-order valence-electron chi connectivity index (χ1n) is 6.07. The number of aliphatic carboxylic acids is 1. The highest BCUT2D eigenvalue weighted by atomic mass is 32.2. The Hall–Kier alpha value is -2.09. The Morgan fingerprint density at radius 1 is 1.48 bits per heavy atom. The molecular formula is C13H14FN3O3S. The van der Waals surface area contributed by atoms with Gasteiger partial charge in [-0.1, -0.05) is 17.8 Å². The zero-order valence-electron chi connectivity index (χ0n) is 11.5.